The topological polar surface area (TPSA) is 78.1 Å². The highest BCUT2D eigenvalue weighted by molar-refractivity contribution is 5.94. The SMILES string of the molecule is C=CC(=O)N1CCC(Nc2c(C#N)c(=O)n(Cc3ccc(F)cc3)c3ccccc23)CC1. The van der Waals surface area contributed by atoms with Crippen LogP contribution < -0.4 is 10.9 Å². The van der Waals surface area contributed by atoms with Crippen molar-refractivity contribution in [2.24, 2.45) is 0 Å². The number of halogens is 1. The Hall–Kier alpha value is -3.92. The van der Waals surface area contributed by atoms with Crippen LogP contribution in [0.2, 0.25) is 0 Å². The van der Waals surface area contributed by atoms with Crippen molar-refractivity contribution < 1.29 is 9.18 Å². The average molecular weight is 430 g/mol. The first kappa shape index (κ1) is 21.3. The van der Waals surface area contributed by atoms with Gasteiger partial charge in [-0.05, 0) is 42.7 Å². The fourth-order valence-corrected chi connectivity index (χ4v) is 4.17. The molecule has 1 saturated heterocycles. The van der Waals surface area contributed by atoms with Gasteiger partial charge < -0.3 is 14.8 Å². The molecule has 0 spiro atoms. The van der Waals surface area contributed by atoms with E-state index >= 15 is 0 Å². The van der Waals surface area contributed by atoms with Crippen LogP contribution in [-0.2, 0) is 11.3 Å². The standard InChI is InChI=1S/C25H23FN4O2/c1-2-23(31)29-13-11-19(12-14-29)28-24-20-5-3-4-6-22(20)30(25(32)21(24)15-27)16-17-7-9-18(26)10-8-17/h2-10,19,28H,1,11-14,16H2. The molecule has 1 aromatic heterocycles. The van der Waals surface area contributed by atoms with Crippen LogP contribution >= 0.6 is 0 Å². The first-order valence-corrected chi connectivity index (χ1v) is 10.5. The van der Waals surface area contributed by atoms with E-state index in [0.717, 1.165) is 10.9 Å². The van der Waals surface area contributed by atoms with E-state index in [0.29, 0.717) is 37.1 Å². The summed E-state index contributed by atoms with van der Waals surface area (Å²) in [5, 5.41) is 14.0. The number of likely N-dealkylation sites (tertiary alicyclic amines) is 1. The summed E-state index contributed by atoms with van der Waals surface area (Å²) in [6.07, 6.45) is 2.73. The summed E-state index contributed by atoms with van der Waals surface area (Å²) in [5.41, 5.74) is 1.65. The Kier molecular flexibility index (Phi) is 6.04. The second kappa shape index (κ2) is 9.06. The number of hydrogen-bond donors (Lipinski definition) is 1. The van der Waals surface area contributed by atoms with Crippen LogP contribution in [0.15, 0.2) is 66.0 Å². The Labute approximate surface area is 185 Å². The van der Waals surface area contributed by atoms with Crippen LogP contribution in [0.25, 0.3) is 10.9 Å². The molecule has 7 heteroatoms. The molecule has 0 atom stereocenters. The third kappa shape index (κ3) is 4.12. The number of nitrogens with one attached hydrogen (secondary N) is 1. The second-order valence-electron chi connectivity index (χ2n) is 7.84. The lowest BCUT2D eigenvalue weighted by molar-refractivity contribution is -0.126. The van der Waals surface area contributed by atoms with Gasteiger partial charge in [-0.2, -0.15) is 5.26 Å². The van der Waals surface area contributed by atoms with E-state index in [9.17, 15) is 19.2 Å². The molecular formula is C25H23FN4O2. The van der Waals surface area contributed by atoms with Gasteiger partial charge in [0.05, 0.1) is 17.7 Å². The number of nitrogens with zero attached hydrogens (tertiary/aromatic N) is 3. The molecule has 0 radical (unpaired) electrons. The first-order valence-electron chi connectivity index (χ1n) is 10.5. The summed E-state index contributed by atoms with van der Waals surface area (Å²) in [6, 6.07) is 15.5. The van der Waals surface area contributed by atoms with Gasteiger partial charge in [-0.25, -0.2) is 4.39 Å². The number of pyridine rings is 1. The van der Waals surface area contributed by atoms with Gasteiger partial charge in [0.1, 0.15) is 17.4 Å². The van der Waals surface area contributed by atoms with Gasteiger partial charge >= 0.3 is 0 Å². The summed E-state index contributed by atoms with van der Waals surface area (Å²) >= 11 is 0. The average Bonchev–Trinajstić information content (AvgIpc) is 2.83. The Balaban J connectivity index is 1.71. The van der Waals surface area contributed by atoms with Crippen LogP contribution in [0.4, 0.5) is 10.1 Å². The van der Waals surface area contributed by atoms with E-state index in [4.69, 9.17) is 0 Å². The predicted molar refractivity (Wildman–Crippen MR) is 122 cm³/mol. The predicted octanol–water partition coefficient (Wildman–Crippen LogP) is 3.65. The summed E-state index contributed by atoms with van der Waals surface area (Å²) in [6.45, 7) is 4.94. The van der Waals surface area contributed by atoms with Crippen molar-refractivity contribution in [3.63, 3.8) is 0 Å². The Morgan fingerprint density at radius 3 is 2.53 bits per heavy atom. The number of hydrogen-bond acceptors (Lipinski definition) is 4. The minimum absolute atomic E-state index is 0.0340. The molecule has 0 saturated carbocycles. The maximum absolute atomic E-state index is 13.3. The smallest absolute Gasteiger partial charge is 0.271 e. The van der Waals surface area contributed by atoms with E-state index < -0.39 is 5.56 Å². The summed E-state index contributed by atoms with van der Waals surface area (Å²) < 4.78 is 14.8. The van der Waals surface area contributed by atoms with Crippen LogP contribution in [0.3, 0.4) is 0 Å². The number of anilines is 1. The third-order valence-corrected chi connectivity index (χ3v) is 5.87. The quantitative estimate of drug-likeness (QED) is 0.627. The minimum Gasteiger partial charge on any atom is -0.380 e. The molecule has 6 nitrogen and oxygen atoms in total. The monoisotopic (exact) mass is 430 g/mol. The van der Waals surface area contributed by atoms with E-state index in [-0.39, 0.29) is 29.9 Å². The molecule has 0 bridgehead atoms. The molecule has 1 fully saturated rings. The van der Waals surface area contributed by atoms with Gasteiger partial charge in [-0.3, -0.25) is 9.59 Å². The largest absolute Gasteiger partial charge is 0.380 e. The highest BCUT2D eigenvalue weighted by Crippen LogP contribution is 2.28. The molecule has 162 valence electrons. The number of benzene rings is 2. The minimum atomic E-state index is -0.391. The number of piperidine rings is 1. The third-order valence-electron chi connectivity index (χ3n) is 5.87. The number of nitriles is 1. The number of rotatable bonds is 5. The Bertz CT molecular complexity index is 1270. The second-order valence-corrected chi connectivity index (χ2v) is 7.84. The number of fused-ring (bicyclic) bond motifs is 1. The lowest BCUT2D eigenvalue weighted by atomic mass is 10.0. The number of amides is 1. The van der Waals surface area contributed by atoms with Crippen molar-refractivity contribution >= 4 is 22.5 Å². The van der Waals surface area contributed by atoms with Crippen molar-refractivity contribution in [2.75, 3.05) is 18.4 Å². The van der Waals surface area contributed by atoms with E-state index in [1.54, 1.807) is 21.6 Å². The zero-order valence-electron chi connectivity index (χ0n) is 17.6. The number of para-hydroxylation sites is 1. The van der Waals surface area contributed by atoms with Crippen molar-refractivity contribution in [2.45, 2.75) is 25.4 Å². The highest BCUT2D eigenvalue weighted by atomic mass is 19.1. The van der Waals surface area contributed by atoms with Crippen LogP contribution in [0.5, 0.6) is 0 Å². The zero-order valence-corrected chi connectivity index (χ0v) is 17.6. The van der Waals surface area contributed by atoms with Gasteiger partial charge in [-0.1, -0.05) is 36.9 Å². The van der Waals surface area contributed by atoms with Gasteiger partial charge in [-0.15, -0.1) is 0 Å². The molecular weight excluding hydrogens is 407 g/mol. The number of aromatic nitrogens is 1. The molecule has 1 aliphatic heterocycles. The fourth-order valence-electron chi connectivity index (χ4n) is 4.17. The Morgan fingerprint density at radius 1 is 1.19 bits per heavy atom. The summed E-state index contributed by atoms with van der Waals surface area (Å²) in [5.74, 6) is -0.431. The van der Waals surface area contributed by atoms with Crippen molar-refractivity contribution in [3.8, 4) is 6.07 Å². The van der Waals surface area contributed by atoms with Gasteiger partial charge in [0.15, 0.2) is 0 Å². The van der Waals surface area contributed by atoms with E-state index in [2.05, 4.69) is 18.0 Å². The normalized spacial score (nSPS) is 14.2. The molecule has 1 amide bonds. The molecule has 4 rings (SSSR count). The maximum Gasteiger partial charge on any atom is 0.271 e. The van der Waals surface area contributed by atoms with E-state index in [1.165, 1.54) is 18.2 Å². The summed E-state index contributed by atoms with van der Waals surface area (Å²) in [7, 11) is 0. The zero-order chi connectivity index (χ0) is 22.7. The van der Waals surface area contributed by atoms with Gasteiger partial charge in [0, 0.05) is 24.5 Å². The lowest BCUT2D eigenvalue weighted by Gasteiger charge is -2.32. The molecule has 32 heavy (non-hydrogen) atoms. The highest BCUT2D eigenvalue weighted by Gasteiger charge is 2.24. The van der Waals surface area contributed by atoms with Crippen molar-refractivity contribution in [1.29, 1.82) is 5.26 Å². The van der Waals surface area contributed by atoms with Crippen LogP contribution in [-0.4, -0.2) is 34.5 Å². The maximum atomic E-state index is 13.3. The first-order chi connectivity index (χ1) is 15.5. The fraction of sp³-hybridized carbons (Fsp3) is 0.240. The molecule has 2 heterocycles. The summed E-state index contributed by atoms with van der Waals surface area (Å²) in [4.78, 5) is 26.9. The molecule has 3 aromatic rings. The molecule has 0 unspecified atom stereocenters. The molecule has 1 N–H and O–H groups in total. The molecule has 1 aliphatic rings. The van der Waals surface area contributed by atoms with Gasteiger partial charge in [0.2, 0.25) is 5.91 Å². The van der Waals surface area contributed by atoms with Gasteiger partial charge in [0.25, 0.3) is 5.56 Å². The van der Waals surface area contributed by atoms with E-state index in [1.807, 2.05) is 24.3 Å². The Morgan fingerprint density at radius 2 is 1.88 bits per heavy atom. The number of carbonyl (C=O) groups excluding carboxylic acids is 1. The van der Waals surface area contributed by atoms with Crippen LogP contribution in [0, 0.1) is 17.1 Å². The number of carbonyl (C=O) groups is 1. The lowest BCUT2D eigenvalue weighted by Crippen LogP contribution is -2.42. The molecule has 2 aromatic carbocycles. The van der Waals surface area contributed by atoms with Crippen molar-refractivity contribution in [3.05, 3.63) is 88.5 Å². The van der Waals surface area contributed by atoms with Crippen molar-refractivity contribution in [1.82, 2.24) is 9.47 Å². The van der Waals surface area contributed by atoms with Crippen LogP contribution in [0.1, 0.15) is 24.0 Å². The molecule has 0 aliphatic carbocycles.